The molecule has 0 spiro atoms. The number of Topliss-reactive ketones (excluding diaryl/α,β-unsaturated/α-hetero) is 1. The highest BCUT2D eigenvalue weighted by molar-refractivity contribution is 5.82. The summed E-state index contributed by atoms with van der Waals surface area (Å²) < 4.78 is 0. The molecule has 0 aromatic heterocycles. The molecule has 1 heterocycles. The van der Waals surface area contributed by atoms with E-state index in [1.165, 1.54) is 5.56 Å². The molecule has 1 aliphatic heterocycles. The Morgan fingerprint density at radius 3 is 2.65 bits per heavy atom. The average Bonchev–Trinajstić information content (AvgIpc) is 2.33. The van der Waals surface area contributed by atoms with Gasteiger partial charge in [-0.25, -0.2) is 0 Å². The van der Waals surface area contributed by atoms with Crippen LogP contribution in [-0.4, -0.2) is 29.8 Å². The molecule has 2 nitrogen and oxygen atoms in total. The van der Waals surface area contributed by atoms with Gasteiger partial charge in [0.05, 0.1) is 0 Å². The molecule has 92 valence electrons. The second-order valence-corrected chi connectivity index (χ2v) is 5.15. The van der Waals surface area contributed by atoms with Gasteiger partial charge in [0.25, 0.3) is 0 Å². The third kappa shape index (κ3) is 3.16. The minimum atomic E-state index is 0.210. The van der Waals surface area contributed by atoms with E-state index >= 15 is 0 Å². The molecule has 0 N–H and O–H groups in total. The maximum atomic E-state index is 11.6. The molecule has 0 aliphatic carbocycles. The van der Waals surface area contributed by atoms with Gasteiger partial charge in [-0.05, 0) is 18.9 Å². The standard InChI is InChI=1S/C15H21NO/c1-12-11-16(13(2)10-15(12)17)9-8-14-6-4-3-5-7-14/h3-7,12-13H,8-11H2,1-2H3/t12-,13-/m1/s1. The predicted octanol–water partition coefficient (Wildman–Crippen LogP) is 2.53. The first-order valence-corrected chi connectivity index (χ1v) is 6.47. The lowest BCUT2D eigenvalue weighted by molar-refractivity contribution is -0.127. The lowest BCUT2D eigenvalue weighted by Gasteiger charge is -2.35. The molecule has 1 aromatic rings. The number of ketones is 1. The molecule has 0 unspecified atom stereocenters. The zero-order valence-electron chi connectivity index (χ0n) is 10.7. The Morgan fingerprint density at radius 2 is 1.94 bits per heavy atom. The number of hydrogen-bond acceptors (Lipinski definition) is 2. The molecule has 2 heteroatoms. The van der Waals surface area contributed by atoms with Crippen LogP contribution >= 0.6 is 0 Å². The molecule has 0 radical (unpaired) electrons. The van der Waals surface area contributed by atoms with Crippen LogP contribution in [0, 0.1) is 5.92 Å². The van der Waals surface area contributed by atoms with E-state index in [1.807, 2.05) is 13.0 Å². The number of hydrogen-bond donors (Lipinski definition) is 0. The Labute approximate surface area is 104 Å². The Hall–Kier alpha value is -1.15. The monoisotopic (exact) mass is 231 g/mol. The largest absolute Gasteiger partial charge is 0.299 e. The first kappa shape index (κ1) is 12.3. The highest BCUT2D eigenvalue weighted by Crippen LogP contribution is 2.18. The summed E-state index contributed by atoms with van der Waals surface area (Å²) in [5, 5.41) is 0. The first-order valence-electron chi connectivity index (χ1n) is 6.47. The van der Waals surface area contributed by atoms with Crippen LogP contribution in [-0.2, 0) is 11.2 Å². The van der Waals surface area contributed by atoms with Gasteiger partial charge in [0.15, 0.2) is 0 Å². The lowest BCUT2D eigenvalue weighted by Crippen LogP contribution is -2.46. The normalized spacial score (nSPS) is 26.1. The predicted molar refractivity (Wildman–Crippen MR) is 70.0 cm³/mol. The Morgan fingerprint density at radius 1 is 1.24 bits per heavy atom. The van der Waals surface area contributed by atoms with E-state index in [1.54, 1.807) is 0 Å². The number of carbonyl (C=O) groups is 1. The second kappa shape index (κ2) is 5.46. The van der Waals surface area contributed by atoms with Gasteiger partial charge in [0, 0.05) is 31.5 Å². The van der Waals surface area contributed by atoms with E-state index in [9.17, 15) is 4.79 Å². The summed E-state index contributed by atoms with van der Waals surface area (Å²) in [4.78, 5) is 14.0. The zero-order chi connectivity index (χ0) is 12.3. The summed E-state index contributed by atoms with van der Waals surface area (Å²) in [5.41, 5.74) is 1.38. The zero-order valence-corrected chi connectivity index (χ0v) is 10.7. The number of benzene rings is 1. The van der Waals surface area contributed by atoms with Crippen molar-refractivity contribution in [2.24, 2.45) is 5.92 Å². The van der Waals surface area contributed by atoms with Crippen molar-refractivity contribution in [3.63, 3.8) is 0 Å². The Kier molecular flexibility index (Phi) is 3.95. The number of rotatable bonds is 3. The molecule has 2 atom stereocenters. The molecular weight excluding hydrogens is 210 g/mol. The number of carbonyl (C=O) groups excluding carboxylic acids is 1. The van der Waals surface area contributed by atoms with Crippen LogP contribution in [0.15, 0.2) is 30.3 Å². The van der Waals surface area contributed by atoms with E-state index in [0.29, 0.717) is 11.8 Å². The lowest BCUT2D eigenvalue weighted by atomic mass is 9.93. The molecule has 17 heavy (non-hydrogen) atoms. The van der Waals surface area contributed by atoms with Crippen molar-refractivity contribution < 1.29 is 4.79 Å². The van der Waals surface area contributed by atoms with Crippen molar-refractivity contribution in [2.45, 2.75) is 32.7 Å². The fraction of sp³-hybridized carbons (Fsp3) is 0.533. The molecule has 1 aromatic carbocycles. The van der Waals surface area contributed by atoms with Crippen LogP contribution in [0.1, 0.15) is 25.8 Å². The highest BCUT2D eigenvalue weighted by Gasteiger charge is 2.28. The topological polar surface area (TPSA) is 20.3 Å². The third-order valence-corrected chi connectivity index (χ3v) is 3.71. The molecule has 0 bridgehead atoms. The van der Waals surface area contributed by atoms with Crippen molar-refractivity contribution in [3.8, 4) is 0 Å². The van der Waals surface area contributed by atoms with Gasteiger partial charge in [0.1, 0.15) is 5.78 Å². The molecule has 1 fully saturated rings. The molecule has 0 amide bonds. The van der Waals surface area contributed by atoms with E-state index in [-0.39, 0.29) is 5.92 Å². The summed E-state index contributed by atoms with van der Waals surface area (Å²) in [6.07, 6.45) is 1.79. The Bertz CT molecular complexity index is 374. The van der Waals surface area contributed by atoms with Gasteiger partial charge in [-0.3, -0.25) is 9.69 Å². The third-order valence-electron chi connectivity index (χ3n) is 3.71. The SMILES string of the molecule is C[C@@H]1CN(CCc2ccccc2)[C@H](C)CC1=O. The van der Waals surface area contributed by atoms with E-state index in [0.717, 1.165) is 25.9 Å². The molecule has 1 aliphatic rings. The quantitative estimate of drug-likeness (QED) is 0.796. The van der Waals surface area contributed by atoms with Crippen molar-refractivity contribution in [3.05, 3.63) is 35.9 Å². The minimum Gasteiger partial charge on any atom is -0.299 e. The maximum absolute atomic E-state index is 11.6. The fourth-order valence-corrected chi connectivity index (χ4v) is 2.48. The second-order valence-electron chi connectivity index (χ2n) is 5.15. The van der Waals surface area contributed by atoms with Crippen LogP contribution < -0.4 is 0 Å². The van der Waals surface area contributed by atoms with Crippen LogP contribution in [0.4, 0.5) is 0 Å². The highest BCUT2D eigenvalue weighted by atomic mass is 16.1. The van der Waals surface area contributed by atoms with E-state index < -0.39 is 0 Å². The summed E-state index contributed by atoms with van der Waals surface area (Å²) in [5.74, 6) is 0.635. The van der Waals surface area contributed by atoms with Crippen LogP contribution in [0.3, 0.4) is 0 Å². The molecule has 1 saturated heterocycles. The van der Waals surface area contributed by atoms with Gasteiger partial charge in [0.2, 0.25) is 0 Å². The van der Waals surface area contributed by atoms with Crippen molar-refractivity contribution >= 4 is 5.78 Å². The minimum absolute atomic E-state index is 0.210. The van der Waals surface area contributed by atoms with Crippen LogP contribution in [0.25, 0.3) is 0 Å². The van der Waals surface area contributed by atoms with Gasteiger partial charge >= 0.3 is 0 Å². The van der Waals surface area contributed by atoms with Crippen LogP contribution in [0.5, 0.6) is 0 Å². The van der Waals surface area contributed by atoms with E-state index in [2.05, 4.69) is 36.1 Å². The van der Waals surface area contributed by atoms with Crippen molar-refractivity contribution in [1.29, 1.82) is 0 Å². The van der Waals surface area contributed by atoms with Gasteiger partial charge < -0.3 is 0 Å². The first-order chi connectivity index (χ1) is 8.16. The fourth-order valence-electron chi connectivity index (χ4n) is 2.48. The van der Waals surface area contributed by atoms with E-state index in [4.69, 9.17) is 0 Å². The van der Waals surface area contributed by atoms with Gasteiger partial charge in [-0.2, -0.15) is 0 Å². The average molecular weight is 231 g/mol. The van der Waals surface area contributed by atoms with Crippen molar-refractivity contribution in [1.82, 2.24) is 4.90 Å². The number of piperidine rings is 1. The summed E-state index contributed by atoms with van der Waals surface area (Å²) >= 11 is 0. The number of likely N-dealkylation sites (tertiary alicyclic amines) is 1. The summed E-state index contributed by atoms with van der Waals surface area (Å²) in [6, 6.07) is 11.0. The molecular formula is C15H21NO. The maximum Gasteiger partial charge on any atom is 0.138 e. The van der Waals surface area contributed by atoms with Crippen LogP contribution in [0.2, 0.25) is 0 Å². The van der Waals surface area contributed by atoms with Crippen molar-refractivity contribution in [2.75, 3.05) is 13.1 Å². The number of nitrogens with zero attached hydrogens (tertiary/aromatic N) is 1. The molecule has 2 rings (SSSR count). The molecule has 0 saturated carbocycles. The smallest absolute Gasteiger partial charge is 0.138 e. The van der Waals surface area contributed by atoms with Gasteiger partial charge in [-0.1, -0.05) is 37.3 Å². The Balaban J connectivity index is 1.89. The summed E-state index contributed by atoms with van der Waals surface area (Å²) in [6.45, 7) is 6.19. The van der Waals surface area contributed by atoms with Gasteiger partial charge in [-0.15, -0.1) is 0 Å². The summed E-state index contributed by atoms with van der Waals surface area (Å²) in [7, 11) is 0.